The van der Waals surface area contributed by atoms with E-state index in [2.05, 4.69) is 31.0 Å². The Morgan fingerprint density at radius 1 is 1.33 bits per heavy atom. The maximum atomic E-state index is 4.79. The highest BCUT2D eigenvalue weighted by molar-refractivity contribution is 5.80. The van der Waals surface area contributed by atoms with Crippen molar-refractivity contribution < 1.29 is 0 Å². The Balaban J connectivity index is 1.89. The number of hydrogen-bond donors (Lipinski definition) is 1. The van der Waals surface area contributed by atoms with Gasteiger partial charge in [0.25, 0.3) is 0 Å². The van der Waals surface area contributed by atoms with Crippen LogP contribution in [0.5, 0.6) is 0 Å². The molecule has 3 heteroatoms. The smallest absolute Gasteiger partial charge is 0.193 e. The van der Waals surface area contributed by atoms with Crippen LogP contribution in [0.4, 0.5) is 0 Å². The van der Waals surface area contributed by atoms with Gasteiger partial charge in [-0.05, 0) is 43.9 Å². The molecule has 0 aromatic carbocycles. The van der Waals surface area contributed by atoms with Crippen LogP contribution in [0.15, 0.2) is 4.99 Å². The van der Waals surface area contributed by atoms with Gasteiger partial charge in [0.05, 0.1) is 0 Å². The van der Waals surface area contributed by atoms with Crippen LogP contribution in [0.1, 0.15) is 52.9 Å². The van der Waals surface area contributed by atoms with Gasteiger partial charge in [-0.2, -0.15) is 0 Å². The normalized spacial score (nSPS) is 22.7. The van der Waals surface area contributed by atoms with Crippen molar-refractivity contribution in [2.24, 2.45) is 16.3 Å². The summed E-state index contributed by atoms with van der Waals surface area (Å²) in [5.41, 5.74) is 0.661. The maximum absolute atomic E-state index is 4.79. The van der Waals surface area contributed by atoms with Gasteiger partial charge in [0.1, 0.15) is 0 Å². The standard InChI is InChI=1S/C15H29N3/c1-4-16-14(17-10-6-13(2)3)18-11-9-15(12-18)7-5-8-15/h13H,4-12H2,1-3H3,(H,16,17). The highest BCUT2D eigenvalue weighted by Crippen LogP contribution is 2.47. The summed E-state index contributed by atoms with van der Waals surface area (Å²) in [6.45, 7) is 11.1. The van der Waals surface area contributed by atoms with E-state index in [0.29, 0.717) is 5.41 Å². The first kappa shape index (κ1) is 13.7. The van der Waals surface area contributed by atoms with Crippen LogP contribution in [0.2, 0.25) is 0 Å². The summed E-state index contributed by atoms with van der Waals surface area (Å²) in [6, 6.07) is 0. The van der Waals surface area contributed by atoms with Gasteiger partial charge in [0, 0.05) is 26.2 Å². The summed E-state index contributed by atoms with van der Waals surface area (Å²) >= 11 is 0. The first-order chi connectivity index (χ1) is 8.65. The summed E-state index contributed by atoms with van der Waals surface area (Å²) in [7, 11) is 0. The van der Waals surface area contributed by atoms with Gasteiger partial charge in [-0.3, -0.25) is 4.99 Å². The van der Waals surface area contributed by atoms with E-state index in [1.54, 1.807) is 0 Å². The molecule has 1 saturated heterocycles. The second-order valence-corrected chi connectivity index (χ2v) is 6.44. The predicted molar refractivity (Wildman–Crippen MR) is 77.9 cm³/mol. The van der Waals surface area contributed by atoms with Crippen LogP contribution in [-0.4, -0.2) is 37.0 Å². The molecule has 18 heavy (non-hydrogen) atoms. The Hall–Kier alpha value is -0.730. The van der Waals surface area contributed by atoms with Crippen LogP contribution < -0.4 is 5.32 Å². The molecule has 104 valence electrons. The lowest BCUT2D eigenvalue weighted by Gasteiger charge is -2.38. The Morgan fingerprint density at radius 2 is 2.11 bits per heavy atom. The molecule has 0 aromatic heterocycles. The Morgan fingerprint density at radius 3 is 2.61 bits per heavy atom. The fraction of sp³-hybridized carbons (Fsp3) is 0.933. The lowest BCUT2D eigenvalue weighted by atomic mass is 9.68. The third-order valence-electron chi connectivity index (χ3n) is 4.45. The van der Waals surface area contributed by atoms with E-state index in [-0.39, 0.29) is 0 Å². The van der Waals surface area contributed by atoms with Gasteiger partial charge in [0.2, 0.25) is 0 Å². The van der Waals surface area contributed by atoms with E-state index in [0.717, 1.165) is 25.0 Å². The molecule has 0 aromatic rings. The summed E-state index contributed by atoms with van der Waals surface area (Å²) in [4.78, 5) is 7.28. The minimum atomic E-state index is 0.661. The van der Waals surface area contributed by atoms with Gasteiger partial charge >= 0.3 is 0 Å². The Kier molecular flexibility index (Phi) is 4.52. The number of nitrogens with one attached hydrogen (secondary N) is 1. The Labute approximate surface area is 112 Å². The average Bonchev–Trinajstić information content (AvgIpc) is 2.72. The molecule has 0 unspecified atom stereocenters. The molecule has 0 amide bonds. The maximum Gasteiger partial charge on any atom is 0.193 e. The Bertz CT molecular complexity index is 292. The quantitative estimate of drug-likeness (QED) is 0.614. The molecule has 1 aliphatic heterocycles. The number of likely N-dealkylation sites (tertiary alicyclic amines) is 1. The highest BCUT2D eigenvalue weighted by Gasteiger charge is 2.43. The molecule has 1 aliphatic carbocycles. The molecule has 2 aliphatic rings. The lowest BCUT2D eigenvalue weighted by molar-refractivity contribution is 0.151. The number of aliphatic imine (C=N–C) groups is 1. The van der Waals surface area contributed by atoms with Crippen molar-refractivity contribution >= 4 is 5.96 Å². The second-order valence-electron chi connectivity index (χ2n) is 6.44. The molecular formula is C15H29N3. The van der Waals surface area contributed by atoms with E-state index in [4.69, 9.17) is 4.99 Å². The molecule has 1 N–H and O–H groups in total. The van der Waals surface area contributed by atoms with Gasteiger partial charge in [-0.1, -0.05) is 20.3 Å². The molecule has 2 rings (SSSR count). The van der Waals surface area contributed by atoms with Crippen LogP contribution in [0, 0.1) is 11.3 Å². The number of nitrogens with zero attached hydrogens (tertiary/aromatic N) is 2. The number of rotatable bonds is 4. The topological polar surface area (TPSA) is 27.6 Å². The van der Waals surface area contributed by atoms with E-state index < -0.39 is 0 Å². The summed E-state index contributed by atoms with van der Waals surface area (Å²) in [6.07, 6.45) is 6.88. The predicted octanol–water partition coefficient (Wildman–Crippen LogP) is 2.87. The van der Waals surface area contributed by atoms with E-state index >= 15 is 0 Å². The van der Waals surface area contributed by atoms with Crippen molar-refractivity contribution in [1.29, 1.82) is 0 Å². The summed E-state index contributed by atoms with van der Waals surface area (Å²) < 4.78 is 0. The molecule has 0 radical (unpaired) electrons. The van der Waals surface area contributed by atoms with Crippen LogP contribution in [0.3, 0.4) is 0 Å². The number of hydrogen-bond acceptors (Lipinski definition) is 1. The molecule has 1 heterocycles. The van der Waals surface area contributed by atoms with E-state index in [9.17, 15) is 0 Å². The molecule has 2 fully saturated rings. The van der Waals surface area contributed by atoms with Crippen molar-refractivity contribution in [2.45, 2.75) is 52.9 Å². The van der Waals surface area contributed by atoms with Crippen LogP contribution in [0.25, 0.3) is 0 Å². The first-order valence-corrected chi connectivity index (χ1v) is 7.68. The van der Waals surface area contributed by atoms with Gasteiger partial charge in [0.15, 0.2) is 5.96 Å². The minimum Gasteiger partial charge on any atom is -0.357 e. The molecule has 1 spiro atoms. The van der Waals surface area contributed by atoms with E-state index in [1.807, 2.05) is 0 Å². The van der Waals surface area contributed by atoms with E-state index in [1.165, 1.54) is 45.2 Å². The van der Waals surface area contributed by atoms with Gasteiger partial charge in [-0.15, -0.1) is 0 Å². The van der Waals surface area contributed by atoms with Crippen LogP contribution >= 0.6 is 0 Å². The van der Waals surface area contributed by atoms with Crippen molar-refractivity contribution in [1.82, 2.24) is 10.2 Å². The van der Waals surface area contributed by atoms with Gasteiger partial charge < -0.3 is 10.2 Å². The first-order valence-electron chi connectivity index (χ1n) is 7.68. The third-order valence-corrected chi connectivity index (χ3v) is 4.45. The fourth-order valence-electron chi connectivity index (χ4n) is 3.06. The second kappa shape index (κ2) is 5.94. The molecular weight excluding hydrogens is 222 g/mol. The van der Waals surface area contributed by atoms with Gasteiger partial charge in [-0.25, -0.2) is 0 Å². The fourth-order valence-corrected chi connectivity index (χ4v) is 3.06. The van der Waals surface area contributed by atoms with Crippen molar-refractivity contribution in [3.05, 3.63) is 0 Å². The highest BCUT2D eigenvalue weighted by atomic mass is 15.3. The summed E-state index contributed by atoms with van der Waals surface area (Å²) in [5, 5.41) is 3.46. The lowest BCUT2D eigenvalue weighted by Crippen LogP contribution is -2.42. The molecule has 3 nitrogen and oxygen atoms in total. The zero-order valence-electron chi connectivity index (χ0n) is 12.3. The minimum absolute atomic E-state index is 0.661. The largest absolute Gasteiger partial charge is 0.357 e. The monoisotopic (exact) mass is 251 g/mol. The molecule has 1 saturated carbocycles. The molecule has 0 atom stereocenters. The van der Waals surface area contributed by atoms with Crippen molar-refractivity contribution in [2.75, 3.05) is 26.2 Å². The zero-order chi connectivity index (χ0) is 13.0. The average molecular weight is 251 g/mol. The SMILES string of the molecule is CCNC(=NCCC(C)C)N1CCC2(CCC2)C1. The third kappa shape index (κ3) is 3.18. The van der Waals surface area contributed by atoms with Crippen LogP contribution in [-0.2, 0) is 0 Å². The molecule has 0 bridgehead atoms. The summed E-state index contributed by atoms with van der Waals surface area (Å²) in [5.74, 6) is 1.90. The zero-order valence-corrected chi connectivity index (χ0v) is 12.3. The van der Waals surface area contributed by atoms with Crippen molar-refractivity contribution in [3.8, 4) is 0 Å². The number of guanidine groups is 1. The van der Waals surface area contributed by atoms with Crippen molar-refractivity contribution in [3.63, 3.8) is 0 Å².